The number of imide groups is 1. The molecule has 0 bridgehead atoms. The molecule has 0 aromatic carbocycles. The van der Waals surface area contributed by atoms with Crippen molar-refractivity contribution >= 4 is 17.8 Å². The average molecular weight is 337 g/mol. The number of carbonyl (C=O) groups excluding carboxylic acids is 3. The molecule has 0 aromatic heterocycles. The molecule has 2 heterocycles. The Morgan fingerprint density at radius 3 is 2.71 bits per heavy atom. The molecule has 134 valence electrons. The molecule has 1 saturated carbocycles. The zero-order valence-electron chi connectivity index (χ0n) is 14.3. The lowest BCUT2D eigenvalue weighted by atomic mass is 9.75. The van der Waals surface area contributed by atoms with E-state index in [1.54, 1.807) is 0 Å². The van der Waals surface area contributed by atoms with E-state index < -0.39 is 11.6 Å². The number of amides is 4. The molecule has 1 aliphatic carbocycles. The van der Waals surface area contributed by atoms with Crippen LogP contribution in [0, 0.1) is 5.92 Å². The summed E-state index contributed by atoms with van der Waals surface area (Å²) in [6, 6.07) is -0.442. The highest BCUT2D eigenvalue weighted by Crippen LogP contribution is 2.37. The van der Waals surface area contributed by atoms with Gasteiger partial charge in [-0.2, -0.15) is 0 Å². The summed E-state index contributed by atoms with van der Waals surface area (Å²) in [6.07, 6.45) is 6.33. The van der Waals surface area contributed by atoms with E-state index in [9.17, 15) is 14.4 Å². The summed E-state index contributed by atoms with van der Waals surface area (Å²) >= 11 is 0. The topological polar surface area (TPSA) is 87.7 Å². The highest BCUT2D eigenvalue weighted by molar-refractivity contribution is 6.09. The van der Waals surface area contributed by atoms with Gasteiger partial charge in [-0.05, 0) is 44.4 Å². The zero-order chi connectivity index (χ0) is 17.2. The van der Waals surface area contributed by atoms with Crippen molar-refractivity contribution in [3.05, 3.63) is 0 Å². The molecular weight excluding hydrogens is 310 g/mol. The Bertz CT molecular complexity index is 508. The van der Waals surface area contributed by atoms with Crippen molar-refractivity contribution in [3.8, 4) is 0 Å². The highest BCUT2D eigenvalue weighted by atomic mass is 16.5. The Kier molecular flexibility index (Phi) is 5.08. The van der Waals surface area contributed by atoms with Crippen molar-refractivity contribution in [2.45, 2.75) is 63.5 Å². The van der Waals surface area contributed by atoms with Gasteiger partial charge in [-0.3, -0.25) is 14.5 Å². The lowest BCUT2D eigenvalue weighted by Gasteiger charge is -2.34. The monoisotopic (exact) mass is 337 g/mol. The minimum Gasteiger partial charge on any atom is -0.376 e. The molecule has 0 aromatic rings. The summed E-state index contributed by atoms with van der Waals surface area (Å²) in [5.74, 6) is 0.0756. The summed E-state index contributed by atoms with van der Waals surface area (Å²) in [5, 5.41) is 5.61. The van der Waals surface area contributed by atoms with Gasteiger partial charge >= 0.3 is 6.03 Å². The molecular formula is C17H27N3O4. The van der Waals surface area contributed by atoms with Crippen molar-refractivity contribution in [2.24, 2.45) is 5.92 Å². The first-order valence-corrected chi connectivity index (χ1v) is 9.06. The normalized spacial score (nSPS) is 33.1. The van der Waals surface area contributed by atoms with Gasteiger partial charge in [-0.1, -0.05) is 13.3 Å². The molecule has 1 unspecified atom stereocenters. The second-order valence-corrected chi connectivity index (χ2v) is 7.19. The summed E-state index contributed by atoms with van der Waals surface area (Å²) in [7, 11) is 0. The van der Waals surface area contributed by atoms with Crippen LogP contribution in [0.25, 0.3) is 0 Å². The van der Waals surface area contributed by atoms with Crippen LogP contribution in [0.4, 0.5) is 4.79 Å². The Balaban J connectivity index is 1.53. The maximum Gasteiger partial charge on any atom is 0.325 e. The summed E-state index contributed by atoms with van der Waals surface area (Å²) in [4.78, 5) is 38.1. The van der Waals surface area contributed by atoms with Gasteiger partial charge in [0.25, 0.3) is 5.91 Å². The van der Waals surface area contributed by atoms with Gasteiger partial charge in [0, 0.05) is 13.2 Å². The number of nitrogens with zero attached hydrogens (tertiary/aromatic N) is 1. The van der Waals surface area contributed by atoms with Gasteiger partial charge in [0.1, 0.15) is 12.1 Å². The number of ether oxygens (including phenoxy) is 1. The summed E-state index contributed by atoms with van der Waals surface area (Å²) < 4.78 is 5.45. The van der Waals surface area contributed by atoms with E-state index >= 15 is 0 Å². The van der Waals surface area contributed by atoms with Crippen LogP contribution in [0.1, 0.15) is 51.9 Å². The Morgan fingerprint density at radius 2 is 2.08 bits per heavy atom. The lowest BCUT2D eigenvalue weighted by Crippen LogP contribution is -2.50. The third kappa shape index (κ3) is 3.41. The Labute approximate surface area is 142 Å². The van der Waals surface area contributed by atoms with Gasteiger partial charge in [-0.15, -0.1) is 0 Å². The number of hydrogen-bond acceptors (Lipinski definition) is 4. The van der Waals surface area contributed by atoms with Crippen LogP contribution in [-0.4, -0.2) is 54.1 Å². The fourth-order valence-electron chi connectivity index (χ4n) is 3.97. The largest absolute Gasteiger partial charge is 0.376 e. The van der Waals surface area contributed by atoms with E-state index in [-0.39, 0.29) is 24.5 Å². The molecule has 7 heteroatoms. The van der Waals surface area contributed by atoms with Crippen molar-refractivity contribution in [1.82, 2.24) is 15.5 Å². The third-order valence-corrected chi connectivity index (χ3v) is 5.63. The summed E-state index contributed by atoms with van der Waals surface area (Å²) in [5.41, 5.74) is -0.780. The van der Waals surface area contributed by atoms with E-state index in [2.05, 4.69) is 17.6 Å². The molecule has 3 rings (SSSR count). The van der Waals surface area contributed by atoms with Crippen LogP contribution in [0.15, 0.2) is 0 Å². The first kappa shape index (κ1) is 17.2. The van der Waals surface area contributed by atoms with Crippen LogP contribution in [0.5, 0.6) is 0 Å². The van der Waals surface area contributed by atoms with Gasteiger partial charge in [0.15, 0.2) is 0 Å². The second kappa shape index (κ2) is 7.09. The lowest BCUT2D eigenvalue weighted by molar-refractivity contribution is -0.136. The first-order valence-electron chi connectivity index (χ1n) is 9.06. The molecule has 1 atom stereocenters. The summed E-state index contributed by atoms with van der Waals surface area (Å²) in [6.45, 7) is 3.11. The Morgan fingerprint density at radius 1 is 1.33 bits per heavy atom. The standard InChI is InChI=1S/C17H27N3O4/c1-2-12-5-7-17(8-6-12)15(22)20(16(23)19-17)11-14(21)18-10-13-4-3-9-24-13/h12-13H,2-11H2,1H3,(H,18,21)(H,19,23). The van der Waals surface area contributed by atoms with Gasteiger partial charge < -0.3 is 15.4 Å². The van der Waals surface area contributed by atoms with Gasteiger partial charge in [-0.25, -0.2) is 4.79 Å². The first-order chi connectivity index (χ1) is 11.5. The molecule has 1 spiro atoms. The molecule has 2 N–H and O–H groups in total. The SMILES string of the molecule is CCC1CCC2(CC1)NC(=O)N(CC(=O)NCC1CCCO1)C2=O. The van der Waals surface area contributed by atoms with E-state index in [0.717, 1.165) is 43.6 Å². The van der Waals surface area contributed by atoms with E-state index in [1.807, 2.05) is 0 Å². The van der Waals surface area contributed by atoms with Crippen molar-refractivity contribution in [2.75, 3.05) is 19.7 Å². The van der Waals surface area contributed by atoms with Gasteiger partial charge in [0.2, 0.25) is 5.91 Å². The third-order valence-electron chi connectivity index (χ3n) is 5.63. The maximum atomic E-state index is 12.7. The van der Waals surface area contributed by atoms with Crippen LogP contribution in [-0.2, 0) is 14.3 Å². The van der Waals surface area contributed by atoms with E-state index in [1.165, 1.54) is 0 Å². The molecule has 2 saturated heterocycles. The van der Waals surface area contributed by atoms with Crippen LogP contribution < -0.4 is 10.6 Å². The van der Waals surface area contributed by atoms with E-state index in [0.29, 0.717) is 25.3 Å². The molecule has 7 nitrogen and oxygen atoms in total. The smallest absolute Gasteiger partial charge is 0.325 e. The molecule has 0 radical (unpaired) electrons. The van der Waals surface area contributed by atoms with Crippen molar-refractivity contribution in [3.63, 3.8) is 0 Å². The second-order valence-electron chi connectivity index (χ2n) is 7.19. The predicted octanol–water partition coefficient (Wildman–Crippen LogP) is 1.17. The van der Waals surface area contributed by atoms with Crippen molar-refractivity contribution in [1.29, 1.82) is 0 Å². The molecule has 4 amide bonds. The number of urea groups is 1. The minimum absolute atomic E-state index is 0.0488. The van der Waals surface area contributed by atoms with Crippen molar-refractivity contribution < 1.29 is 19.1 Å². The van der Waals surface area contributed by atoms with Gasteiger partial charge in [0.05, 0.1) is 6.10 Å². The van der Waals surface area contributed by atoms with Crippen LogP contribution >= 0.6 is 0 Å². The minimum atomic E-state index is -0.780. The average Bonchev–Trinajstić information content (AvgIpc) is 3.17. The maximum absolute atomic E-state index is 12.7. The van der Waals surface area contributed by atoms with E-state index in [4.69, 9.17) is 4.74 Å². The van der Waals surface area contributed by atoms with Crippen LogP contribution in [0.2, 0.25) is 0 Å². The number of carbonyl (C=O) groups is 3. The fraction of sp³-hybridized carbons (Fsp3) is 0.824. The zero-order valence-corrected chi connectivity index (χ0v) is 14.3. The molecule has 3 aliphatic rings. The quantitative estimate of drug-likeness (QED) is 0.737. The molecule has 24 heavy (non-hydrogen) atoms. The number of nitrogens with one attached hydrogen (secondary N) is 2. The predicted molar refractivity (Wildman–Crippen MR) is 87.2 cm³/mol. The number of rotatable bonds is 5. The Hall–Kier alpha value is -1.63. The number of hydrogen-bond donors (Lipinski definition) is 2. The molecule has 3 fully saturated rings. The van der Waals surface area contributed by atoms with Crippen LogP contribution in [0.3, 0.4) is 0 Å². The highest BCUT2D eigenvalue weighted by Gasteiger charge is 2.52. The fourth-order valence-corrected chi connectivity index (χ4v) is 3.97. The molecule has 2 aliphatic heterocycles.